The highest BCUT2D eigenvalue weighted by Gasteiger charge is 2.30. The maximum Gasteiger partial charge on any atom is 0.151 e. The first-order valence-corrected chi connectivity index (χ1v) is 10.4. The third-order valence-electron chi connectivity index (χ3n) is 2.87. The van der Waals surface area contributed by atoms with Crippen LogP contribution in [0.25, 0.3) is 0 Å². The minimum atomic E-state index is -0.184. The van der Waals surface area contributed by atoms with Gasteiger partial charge in [-0.25, -0.2) is 0 Å². The first-order chi connectivity index (χ1) is 9.56. The van der Waals surface area contributed by atoms with Gasteiger partial charge < -0.3 is 0 Å². The Labute approximate surface area is 152 Å². The number of Topliss-reactive ketones (excluding diaryl/α,β-unsaturated/α-hetero) is 1. The van der Waals surface area contributed by atoms with Gasteiger partial charge in [-0.15, -0.1) is 22.7 Å². The quantitative estimate of drug-likeness (QED) is 0.444. The Morgan fingerprint density at radius 1 is 0.950 bits per heavy atom. The van der Waals surface area contributed by atoms with E-state index in [9.17, 15) is 4.79 Å². The van der Waals surface area contributed by atoms with Crippen LogP contribution in [0, 0.1) is 0 Å². The van der Waals surface area contributed by atoms with Crippen LogP contribution >= 0.6 is 77.7 Å². The van der Waals surface area contributed by atoms with Gasteiger partial charge in [0.15, 0.2) is 5.78 Å². The summed E-state index contributed by atoms with van der Waals surface area (Å²) in [6.07, 6.45) is 0. The van der Waals surface area contributed by atoms with Crippen LogP contribution in [-0.2, 0) is 4.79 Å². The highest BCUT2D eigenvalue weighted by molar-refractivity contribution is 9.09. The second-order valence-corrected chi connectivity index (χ2v) is 8.89. The van der Waals surface area contributed by atoms with Gasteiger partial charge in [-0.05, 0) is 24.3 Å². The fraction of sp³-hybridized carbons (Fsp3) is 0.308. The van der Waals surface area contributed by atoms with Gasteiger partial charge in [-0.3, -0.25) is 4.79 Å². The van der Waals surface area contributed by atoms with Crippen molar-refractivity contribution in [1.82, 2.24) is 0 Å². The first-order valence-electron chi connectivity index (χ1n) is 5.73. The van der Waals surface area contributed by atoms with E-state index in [1.807, 2.05) is 24.3 Å². The van der Waals surface area contributed by atoms with E-state index in [0.29, 0.717) is 19.3 Å². The minimum absolute atomic E-state index is 0.177. The molecule has 20 heavy (non-hydrogen) atoms. The monoisotopic (exact) mass is 474 g/mol. The molecule has 0 aliphatic carbocycles. The Morgan fingerprint density at radius 3 is 1.60 bits per heavy atom. The predicted molar refractivity (Wildman–Crippen MR) is 96.7 cm³/mol. The molecule has 0 aliphatic rings. The largest absolute Gasteiger partial charge is 0.298 e. The number of thiophene rings is 2. The molecule has 2 unspecified atom stereocenters. The van der Waals surface area contributed by atoms with Crippen LogP contribution < -0.4 is 0 Å². The lowest BCUT2D eigenvalue weighted by atomic mass is 9.93. The van der Waals surface area contributed by atoms with E-state index in [2.05, 4.69) is 31.9 Å². The third kappa shape index (κ3) is 3.87. The van der Waals surface area contributed by atoms with Gasteiger partial charge in [-0.2, -0.15) is 0 Å². The molecule has 0 saturated heterocycles. The molecule has 0 saturated carbocycles. The summed E-state index contributed by atoms with van der Waals surface area (Å²) in [5, 5.41) is 1.18. The highest BCUT2D eigenvalue weighted by Crippen LogP contribution is 2.37. The lowest BCUT2D eigenvalue weighted by Gasteiger charge is -2.17. The summed E-state index contributed by atoms with van der Waals surface area (Å²) in [6.45, 7) is 0. The van der Waals surface area contributed by atoms with Crippen molar-refractivity contribution in [3.8, 4) is 0 Å². The lowest BCUT2D eigenvalue weighted by molar-refractivity contribution is -0.120. The molecule has 0 N–H and O–H groups in total. The van der Waals surface area contributed by atoms with Crippen LogP contribution in [0.2, 0.25) is 8.67 Å². The number of halogens is 4. The molecular weight excluding hydrogens is 467 g/mol. The van der Waals surface area contributed by atoms with E-state index in [-0.39, 0.29) is 17.6 Å². The average molecular weight is 477 g/mol. The van der Waals surface area contributed by atoms with Crippen molar-refractivity contribution in [3.63, 3.8) is 0 Å². The average Bonchev–Trinajstić information content (AvgIpc) is 3.01. The van der Waals surface area contributed by atoms with Crippen molar-refractivity contribution < 1.29 is 4.79 Å². The Balaban J connectivity index is 2.26. The molecule has 0 aliphatic heterocycles. The van der Waals surface area contributed by atoms with Crippen LogP contribution in [0.5, 0.6) is 0 Å². The molecule has 0 spiro atoms. The number of alkyl halides is 2. The standard InChI is InChI=1S/C13H10Br2Cl2OS2/c14-5-7(9-1-3-11(16)19-9)13(18)8(6-15)10-2-4-12(17)20-10/h1-4,7-8H,5-6H2. The highest BCUT2D eigenvalue weighted by atomic mass is 79.9. The number of rotatable bonds is 6. The summed E-state index contributed by atoms with van der Waals surface area (Å²) < 4.78 is 1.40. The van der Waals surface area contributed by atoms with Gasteiger partial charge in [0.2, 0.25) is 0 Å². The van der Waals surface area contributed by atoms with Crippen LogP contribution in [0.1, 0.15) is 21.6 Å². The van der Waals surface area contributed by atoms with Crippen molar-refractivity contribution in [2.24, 2.45) is 0 Å². The van der Waals surface area contributed by atoms with Gasteiger partial charge in [0.05, 0.1) is 20.5 Å². The fourth-order valence-electron chi connectivity index (χ4n) is 1.86. The SMILES string of the molecule is O=C(C(CBr)c1ccc(Cl)s1)C(CBr)c1ccc(Cl)s1. The first kappa shape index (κ1) is 17.0. The number of carbonyl (C=O) groups is 1. The molecule has 0 fully saturated rings. The maximum absolute atomic E-state index is 12.8. The number of hydrogen-bond donors (Lipinski definition) is 0. The van der Waals surface area contributed by atoms with Gasteiger partial charge in [0.25, 0.3) is 0 Å². The van der Waals surface area contributed by atoms with Crippen LogP contribution in [0.3, 0.4) is 0 Å². The topological polar surface area (TPSA) is 17.1 Å². The van der Waals surface area contributed by atoms with Crippen molar-refractivity contribution >= 4 is 83.5 Å². The molecule has 2 rings (SSSR count). The van der Waals surface area contributed by atoms with Crippen molar-refractivity contribution in [2.45, 2.75) is 11.8 Å². The summed E-state index contributed by atoms with van der Waals surface area (Å²) in [7, 11) is 0. The Morgan fingerprint density at radius 2 is 1.35 bits per heavy atom. The second kappa shape index (κ2) is 7.75. The molecule has 0 amide bonds. The van der Waals surface area contributed by atoms with Gasteiger partial charge in [0, 0.05) is 20.4 Å². The second-order valence-electron chi connectivity index (χ2n) is 4.10. The number of hydrogen-bond acceptors (Lipinski definition) is 3. The van der Waals surface area contributed by atoms with Crippen molar-refractivity contribution in [1.29, 1.82) is 0 Å². The molecule has 2 aromatic heterocycles. The third-order valence-corrected chi connectivity index (χ3v) is 6.85. The predicted octanol–water partition coefficient (Wildman–Crippen LogP) is 6.34. The van der Waals surface area contributed by atoms with Gasteiger partial charge in [0.1, 0.15) is 0 Å². The van der Waals surface area contributed by atoms with Gasteiger partial charge in [-0.1, -0.05) is 55.1 Å². The molecule has 0 bridgehead atoms. The summed E-state index contributed by atoms with van der Waals surface area (Å²) in [4.78, 5) is 14.8. The summed E-state index contributed by atoms with van der Waals surface area (Å²) in [5.41, 5.74) is 0. The Bertz CT molecular complexity index is 546. The molecule has 2 atom stereocenters. The molecular formula is C13H10Br2Cl2OS2. The van der Waals surface area contributed by atoms with E-state index in [4.69, 9.17) is 23.2 Å². The Kier molecular flexibility index (Phi) is 6.57. The van der Waals surface area contributed by atoms with Gasteiger partial charge >= 0.3 is 0 Å². The fourth-order valence-corrected chi connectivity index (χ4v) is 5.96. The normalized spacial score (nSPS) is 14.2. The van der Waals surface area contributed by atoms with E-state index in [1.165, 1.54) is 22.7 Å². The smallest absolute Gasteiger partial charge is 0.151 e. The van der Waals surface area contributed by atoms with E-state index in [1.54, 1.807) is 0 Å². The Hall–Kier alpha value is 0.610. The molecule has 2 heterocycles. The zero-order chi connectivity index (χ0) is 14.7. The zero-order valence-electron chi connectivity index (χ0n) is 10.1. The van der Waals surface area contributed by atoms with E-state index in [0.717, 1.165) is 9.75 Å². The van der Waals surface area contributed by atoms with E-state index < -0.39 is 0 Å². The van der Waals surface area contributed by atoms with Crippen LogP contribution in [-0.4, -0.2) is 16.4 Å². The van der Waals surface area contributed by atoms with Crippen LogP contribution in [0.15, 0.2) is 24.3 Å². The molecule has 2 aromatic rings. The van der Waals surface area contributed by atoms with Crippen LogP contribution in [0.4, 0.5) is 0 Å². The molecule has 0 radical (unpaired) electrons. The lowest BCUT2D eigenvalue weighted by Crippen LogP contribution is -2.21. The maximum atomic E-state index is 12.8. The summed E-state index contributed by atoms with van der Waals surface area (Å²) >= 11 is 21.7. The van der Waals surface area contributed by atoms with E-state index >= 15 is 0 Å². The number of carbonyl (C=O) groups excluding carboxylic acids is 1. The van der Waals surface area contributed by atoms with Crippen molar-refractivity contribution in [2.75, 3.05) is 10.7 Å². The molecule has 1 nitrogen and oxygen atoms in total. The zero-order valence-corrected chi connectivity index (χ0v) is 16.4. The molecule has 7 heteroatoms. The minimum Gasteiger partial charge on any atom is -0.298 e. The molecule has 108 valence electrons. The summed E-state index contributed by atoms with van der Waals surface area (Å²) in [5.74, 6) is -0.192. The molecule has 0 aromatic carbocycles. The summed E-state index contributed by atoms with van der Waals surface area (Å²) in [6, 6.07) is 7.50. The number of ketones is 1. The van der Waals surface area contributed by atoms with Crippen molar-refractivity contribution in [3.05, 3.63) is 42.7 Å².